The lowest BCUT2D eigenvalue weighted by molar-refractivity contribution is 0.590. The van der Waals surface area contributed by atoms with Gasteiger partial charge < -0.3 is 5.32 Å². The van der Waals surface area contributed by atoms with Crippen molar-refractivity contribution in [2.24, 2.45) is 0 Å². The lowest BCUT2D eigenvalue weighted by Crippen LogP contribution is -2.19. The number of aryl methyl sites for hydroxylation is 3. The lowest BCUT2D eigenvalue weighted by atomic mass is 10.1. The summed E-state index contributed by atoms with van der Waals surface area (Å²) in [4.78, 5) is 9.25. The van der Waals surface area contributed by atoms with Gasteiger partial charge in [0.25, 0.3) is 0 Å². The van der Waals surface area contributed by atoms with Crippen LogP contribution in [-0.2, 0) is 0 Å². The number of halogens is 1. The lowest BCUT2D eigenvalue weighted by Gasteiger charge is -2.15. The zero-order chi connectivity index (χ0) is 15.6. The van der Waals surface area contributed by atoms with Crippen LogP contribution in [0, 0.1) is 20.8 Å². The molecule has 2 rings (SSSR count). The summed E-state index contributed by atoms with van der Waals surface area (Å²) in [6, 6.07) is 4.52. The van der Waals surface area contributed by atoms with Gasteiger partial charge in [-0.15, -0.1) is 0 Å². The van der Waals surface area contributed by atoms with Crippen LogP contribution in [0.1, 0.15) is 42.3 Å². The monoisotopic (exact) mass is 347 g/mol. The third-order valence-electron chi connectivity index (χ3n) is 3.69. The van der Waals surface area contributed by atoms with Crippen molar-refractivity contribution in [3.05, 3.63) is 45.2 Å². The van der Waals surface area contributed by atoms with Crippen molar-refractivity contribution >= 4 is 15.9 Å². The summed E-state index contributed by atoms with van der Waals surface area (Å²) < 4.78 is 1.15. The van der Waals surface area contributed by atoms with Crippen molar-refractivity contribution in [2.75, 3.05) is 6.54 Å². The van der Waals surface area contributed by atoms with E-state index < -0.39 is 0 Å². The smallest absolute Gasteiger partial charge is 0.159 e. The molecule has 1 heterocycles. The molecule has 0 saturated carbocycles. The molecule has 0 radical (unpaired) electrons. The van der Waals surface area contributed by atoms with E-state index in [1.165, 1.54) is 11.1 Å². The van der Waals surface area contributed by atoms with Crippen LogP contribution in [0.15, 0.2) is 22.8 Å². The van der Waals surface area contributed by atoms with Gasteiger partial charge in [0.15, 0.2) is 5.82 Å². The average molecular weight is 348 g/mol. The first kappa shape index (κ1) is 16.1. The molecule has 0 fully saturated rings. The maximum atomic E-state index is 4.69. The quantitative estimate of drug-likeness (QED) is 0.884. The molecule has 0 spiro atoms. The number of hydrogen-bond donors (Lipinski definition) is 1. The molecule has 4 heteroatoms. The van der Waals surface area contributed by atoms with Crippen molar-refractivity contribution in [3.63, 3.8) is 0 Å². The van der Waals surface area contributed by atoms with Gasteiger partial charge in [0.2, 0.25) is 0 Å². The maximum absolute atomic E-state index is 4.69. The van der Waals surface area contributed by atoms with Crippen molar-refractivity contribution < 1.29 is 0 Å². The Morgan fingerprint density at radius 3 is 2.33 bits per heavy atom. The van der Waals surface area contributed by atoms with Gasteiger partial charge in [0, 0.05) is 33.5 Å². The highest BCUT2D eigenvalue weighted by Crippen LogP contribution is 2.27. The van der Waals surface area contributed by atoms with Crippen LogP contribution >= 0.6 is 15.9 Å². The molecular formula is C17H22BrN3. The van der Waals surface area contributed by atoms with Crippen LogP contribution in [0.4, 0.5) is 0 Å². The molecule has 0 aliphatic rings. The molecule has 0 saturated heterocycles. The van der Waals surface area contributed by atoms with Crippen LogP contribution in [0.5, 0.6) is 0 Å². The summed E-state index contributed by atoms with van der Waals surface area (Å²) in [5.74, 6) is 0.790. The largest absolute Gasteiger partial charge is 0.310 e. The van der Waals surface area contributed by atoms with Crippen LogP contribution in [0.25, 0.3) is 11.4 Å². The Morgan fingerprint density at radius 2 is 1.81 bits per heavy atom. The van der Waals surface area contributed by atoms with E-state index in [-0.39, 0.29) is 6.04 Å². The average Bonchev–Trinajstić information content (AvgIpc) is 2.44. The highest BCUT2D eigenvalue weighted by molar-refractivity contribution is 9.10. The third kappa shape index (κ3) is 3.50. The normalized spacial score (nSPS) is 12.5. The zero-order valence-electron chi connectivity index (χ0n) is 13.3. The summed E-state index contributed by atoms with van der Waals surface area (Å²) in [7, 11) is 0. The van der Waals surface area contributed by atoms with E-state index in [1.54, 1.807) is 0 Å². The van der Waals surface area contributed by atoms with Gasteiger partial charge >= 0.3 is 0 Å². The van der Waals surface area contributed by atoms with Crippen molar-refractivity contribution in [2.45, 2.75) is 40.7 Å². The molecule has 0 aliphatic carbocycles. The second-order valence-electron chi connectivity index (χ2n) is 5.44. The molecule has 1 aromatic carbocycles. The summed E-state index contributed by atoms with van der Waals surface area (Å²) in [5, 5.41) is 3.40. The highest BCUT2D eigenvalue weighted by atomic mass is 79.9. The fourth-order valence-corrected chi connectivity index (χ4v) is 2.76. The fourth-order valence-electron chi connectivity index (χ4n) is 2.53. The number of aromatic nitrogens is 2. The van der Waals surface area contributed by atoms with Crippen LogP contribution in [0.2, 0.25) is 0 Å². The van der Waals surface area contributed by atoms with Crippen molar-refractivity contribution in [3.8, 4) is 11.4 Å². The van der Waals surface area contributed by atoms with E-state index in [2.05, 4.69) is 66.1 Å². The van der Waals surface area contributed by atoms with E-state index in [0.717, 1.165) is 33.7 Å². The van der Waals surface area contributed by atoms with Crippen LogP contribution in [0.3, 0.4) is 0 Å². The van der Waals surface area contributed by atoms with E-state index in [9.17, 15) is 0 Å². The van der Waals surface area contributed by atoms with E-state index in [4.69, 9.17) is 4.98 Å². The first-order chi connectivity index (χ1) is 9.93. The number of benzene rings is 1. The van der Waals surface area contributed by atoms with Crippen LogP contribution < -0.4 is 5.32 Å². The summed E-state index contributed by atoms with van der Waals surface area (Å²) in [6.07, 6.45) is 1.94. The Morgan fingerprint density at radius 1 is 1.19 bits per heavy atom. The zero-order valence-corrected chi connectivity index (χ0v) is 14.9. The van der Waals surface area contributed by atoms with Crippen molar-refractivity contribution in [1.82, 2.24) is 15.3 Å². The second-order valence-corrected chi connectivity index (χ2v) is 6.23. The molecule has 0 aliphatic heterocycles. The number of rotatable bonds is 4. The number of nitrogens with one attached hydrogen (secondary N) is 1. The Bertz CT molecular complexity index is 629. The van der Waals surface area contributed by atoms with Gasteiger partial charge in [-0.05, 0) is 57.5 Å². The predicted octanol–water partition coefficient (Wildman–Crippen LogP) is 4.50. The Kier molecular flexibility index (Phi) is 5.12. The Labute approximate surface area is 135 Å². The van der Waals surface area contributed by atoms with Crippen molar-refractivity contribution in [1.29, 1.82) is 0 Å². The van der Waals surface area contributed by atoms with Gasteiger partial charge in [-0.3, -0.25) is 0 Å². The summed E-state index contributed by atoms with van der Waals surface area (Å²) >= 11 is 3.60. The number of hydrogen-bond acceptors (Lipinski definition) is 3. The Balaban J connectivity index is 2.40. The molecule has 1 atom stereocenters. The molecule has 112 valence electrons. The predicted molar refractivity (Wildman–Crippen MR) is 91.5 cm³/mol. The minimum Gasteiger partial charge on any atom is -0.310 e. The van der Waals surface area contributed by atoms with E-state index in [1.807, 2.05) is 13.1 Å². The minimum absolute atomic E-state index is 0.275. The van der Waals surface area contributed by atoms with Gasteiger partial charge in [0.1, 0.15) is 0 Å². The van der Waals surface area contributed by atoms with Crippen LogP contribution in [-0.4, -0.2) is 16.5 Å². The molecule has 3 nitrogen and oxygen atoms in total. The molecule has 1 N–H and O–H groups in total. The number of nitrogens with zero attached hydrogens (tertiary/aromatic N) is 2. The first-order valence-corrected chi connectivity index (χ1v) is 8.07. The molecular weight excluding hydrogens is 326 g/mol. The topological polar surface area (TPSA) is 37.8 Å². The van der Waals surface area contributed by atoms with Gasteiger partial charge in [-0.25, -0.2) is 9.97 Å². The first-order valence-electron chi connectivity index (χ1n) is 7.28. The highest BCUT2D eigenvalue weighted by Gasteiger charge is 2.12. The molecule has 1 unspecified atom stereocenters. The molecule has 21 heavy (non-hydrogen) atoms. The SMILES string of the molecule is CCNC(C)c1cnc(-c2cc(C)c(Br)c(C)c2)nc1C. The summed E-state index contributed by atoms with van der Waals surface area (Å²) in [5.41, 5.74) is 5.67. The molecule has 0 bridgehead atoms. The summed E-state index contributed by atoms with van der Waals surface area (Å²) in [6.45, 7) is 11.4. The van der Waals surface area contributed by atoms with Gasteiger partial charge in [-0.1, -0.05) is 22.9 Å². The molecule has 2 aromatic rings. The minimum atomic E-state index is 0.275. The second kappa shape index (κ2) is 6.67. The third-order valence-corrected chi connectivity index (χ3v) is 4.94. The van der Waals surface area contributed by atoms with Gasteiger partial charge in [0.05, 0.1) is 0 Å². The fraction of sp³-hybridized carbons (Fsp3) is 0.412. The Hall–Kier alpha value is -1.26. The van der Waals surface area contributed by atoms with Gasteiger partial charge in [-0.2, -0.15) is 0 Å². The maximum Gasteiger partial charge on any atom is 0.159 e. The molecule has 1 aromatic heterocycles. The standard InChI is InChI=1S/C17H22BrN3/c1-6-19-12(4)15-9-20-17(21-13(15)5)14-7-10(2)16(18)11(3)8-14/h7-9,12,19H,6H2,1-5H3. The van der Waals surface area contributed by atoms with E-state index >= 15 is 0 Å². The molecule has 0 amide bonds. The van der Waals surface area contributed by atoms with E-state index in [0.29, 0.717) is 0 Å².